The van der Waals surface area contributed by atoms with Crippen molar-refractivity contribution in [2.45, 2.75) is 20.4 Å². The summed E-state index contributed by atoms with van der Waals surface area (Å²) in [5.41, 5.74) is 1.97. The van der Waals surface area contributed by atoms with Crippen molar-refractivity contribution in [2.75, 3.05) is 13.4 Å². The van der Waals surface area contributed by atoms with Crippen molar-refractivity contribution in [1.82, 2.24) is 4.57 Å². The van der Waals surface area contributed by atoms with E-state index in [9.17, 15) is 4.79 Å². The first-order chi connectivity index (χ1) is 12.7. The molecule has 1 aromatic heterocycles. The third-order valence-electron chi connectivity index (χ3n) is 4.16. The molecule has 0 N–H and O–H groups in total. The normalized spacial score (nSPS) is 13.4. The lowest BCUT2D eigenvalue weighted by atomic mass is 10.2. The van der Waals surface area contributed by atoms with Crippen molar-refractivity contribution in [3.63, 3.8) is 0 Å². The zero-order chi connectivity index (χ0) is 18.1. The van der Waals surface area contributed by atoms with E-state index < -0.39 is 0 Å². The fourth-order valence-electron chi connectivity index (χ4n) is 2.85. The van der Waals surface area contributed by atoms with Crippen LogP contribution < -0.4 is 19.0 Å². The van der Waals surface area contributed by atoms with Crippen LogP contribution in [0.3, 0.4) is 0 Å². The fourth-order valence-corrected chi connectivity index (χ4v) is 3.97. The van der Waals surface area contributed by atoms with Gasteiger partial charge in [0.25, 0.3) is 5.91 Å². The largest absolute Gasteiger partial charge is 0.483 e. The summed E-state index contributed by atoms with van der Waals surface area (Å²) in [6.45, 7) is 4.81. The Balaban J connectivity index is 1.63. The molecule has 1 aliphatic rings. The van der Waals surface area contributed by atoms with E-state index in [1.807, 2.05) is 54.8 Å². The Bertz CT molecular complexity index is 1050. The summed E-state index contributed by atoms with van der Waals surface area (Å²) in [7, 11) is 0. The summed E-state index contributed by atoms with van der Waals surface area (Å²) >= 11 is 1.45. The molecule has 0 spiro atoms. The third kappa shape index (κ3) is 3.06. The van der Waals surface area contributed by atoms with Gasteiger partial charge in [-0.1, -0.05) is 29.5 Å². The molecular weight excluding hydrogens is 352 g/mol. The number of nitrogens with zero attached hydrogens (tertiary/aromatic N) is 2. The lowest BCUT2D eigenvalue weighted by molar-refractivity contribution is -0.120. The van der Waals surface area contributed by atoms with Crippen LogP contribution in [0.5, 0.6) is 17.2 Å². The second-order valence-electron chi connectivity index (χ2n) is 5.86. The van der Waals surface area contributed by atoms with Crippen molar-refractivity contribution in [3.8, 4) is 17.2 Å². The van der Waals surface area contributed by atoms with Gasteiger partial charge in [0.1, 0.15) is 5.75 Å². The maximum Gasteiger partial charge on any atom is 0.286 e. The first-order valence-electron chi connectivity index (χ1n) is 8.34. The number of thiazole rings is 1. The molecule has 1 amide bonds. The van der Waals surface area contributed by atoms with E-state index in [4.69, 9.17) is 14.2 Å². The van der Waals surface area contributed by atoms with Gasteiger partial charge in [-0.25, -0.2) is 0 Å². The van der Waals surface area contributed by atoms with Crippen LogP contribution in [-0.4, -0.2) is 23.9 Å². The Kier molecular flexibility index (Phi) is 4.38. The number of para-hydroxylation sites is 1. The number of carbonyl (C=O) groups excluding carboxylic acids is 1. The van der Waals surface area contributed by atoms with E-state index in [1.54, 1.807) is 0 Å². The Morgan fingerprint density at radius 3 is 2.81 bits per heavy atom. The number of rotatable bonds is 4. The number of aromatic nitrogens is 1. The second-order valence-corrected chi connectivity index (χ2v) is 6.87. The van der Waals surface area contributed by atoms with Gasteiger partial charge >= 0.3 is 0 Å². The minimum atomic E-state index is -0.318. The smallest absolute Gasteiger partial charge is 0.286 e. The molecule has 134 valence electrons. The molecule has 6 nitrogen and oxygen atoms in total. The number of benzene rings is 2. The molecule has 0 radical (unpaired) electrons. The van der Waals surface area contributed by atoms with E-state index in [0.717, 1.165) is 27.3 Å². The molecule has 0 fully saturated rings. The van der Waals surface area contributed by atoms with Crippen molar-refractivity contribution in [3.05, 3.63) is 46.8 Å². The molecule has 0 unspecified atom stereocenters. The van der Waals surface area contributed by atoms with Gasteiger partial charge in [-0.15, -0.1) is 0 Å². The minimum Gasteiger partial charge on any atom is -0.483 e. The van der Waals surface area contributed by atoms with Crippen molar-refractivity contribution in [2.24, 2.45) is 4.99 Å². The number of hydrogen-bond donors (Lipinski definition) is 0. The van der Waals surface area contributed by atoms with Crippen LogP contribution in [0, 0.1) is 6.92 Å². The quantitative estimate of drug-likeness (QED) is 0.707. The number of hydrogen-bond acceptors (Lipinski definition) is 5. The Morgan fingerprint density at radius 2 is 2.04 bits per heavy atom. The van der Waals surface area contributed by atoms with Crippen LogP contribution in [0.4, 0.5) is 0 Å². The maximum atomic E-state index is 12.3. The predicted molar refractivity (Wildman–Crippen MR) is 98.9 cm³/mol. The summed E-state index contributed by atoms with van der Waals surface area (Å²) in [5, 5.41) is 0. The molecule has 0 atom stereocenters. The SMILES string of the molecule is CCn1c(=NC(=O)COc2ccccc2C)sc2cc3c(cc21)OCO3. The highest BCUT2D eigenvalue weighted by molar-refractivity contribution is 7.16. The highest BCUT2D eigenvalue weighted by Crippen LogP contribution is 2.36. The molecule has 0 saturated heterocycles. The van der Waals surface area contributed by atoms with Gasteiger partial charge in [0, 0.05) is 18.7 Å². The van der Waals surface area contributed by atoms with Crippen LogP contribution in [0.1, 0.15) is 12.5 Å². The lowest BCUT2D eigenvalue weighted by Gasteiger charge is -2.06. The average molecular weight is 370 g/mol. The van der Waals surface area contributed by atoms with Gasteiger partial charge in [-0.05, 0) is 25.5 Å². The Hall–Kier alpha value is -2.80. The molecule has 0 aliphatic carbocycles. The van der Waals surface area contributed by atoms with Crippen molar-refractivity contribution >= 4 is 27.5 Å². The fraction of sp³-hybridized carbons (Fsp3) is 0.263. The van der Waals surface area contributed by atoms with Crippen molar-refractivity contribution in [1.29, 1.82) is 0 Å². The zero-order valence-corrected chi connectivity index (χ0v) is 15.3. The number of ether oxygens (including phenoxy) is 3. The van der Waals surface area contributed by atoms with E-state index >= 15 is 0 Å². The van der Waals surface area contributed by atoms with Crippen LogP contribution >= 0.6 is 11.3 Å². The lowest BCUT2D eigenvalue weighted by Crippen LogP contribution is -2.18. The third-order valence-corrected chi connectivity index (χ3v) is 5.20. The first-order valence-corrected chi connectivity index (χ1v) is 9.16. The summed E-state index contributed by atoms with van der Waals surface area (Å²) in [6, 6.07) is 11.5. The molecule has 0 bridgehead atoms. The molecule has 2 heterocycles. The molecule has 4 rings (SSSR count). The summed E-state index contributed by atoms with van der Waals surface area (Å²) in [4.78, 5) is 17.2. The van der Waals surface area contributed by atoms with E-state index in [0.29, 0.717) is 17.1 Å². The topological polar surface area (TPSA) is 62.1 Å². The van der Waals surface area contributed by atoms with Gasteiger partial charge in [0.2, 0.25) is 6.79 Å². The van der Waals surface area contributed by atoms with Crippen molar-refractivity contribution < 1.29 is 19.0 Å². The zero-order valence-electron chi connectivity index (χ0n) is 14.5. The number of amides is 1. The van der Waals surface area contributed by atoms with E-state index in [1.165, 1.54) is 11.3 Å². The average Bonchev–Trinajstić information content (AvgIpc) is 3.21. The summed E-state index contributed by atoms with van der Waals surface area (Å²) in [6.07, 6.45) is 0. The van der Waals surface area contributed by atoms with E-state index in [2.05, 4.69) is 4.99 Å². The van der Waals surface area contributed by atoms with Gasteiger partial charge in [-0.2, -0.15) is 4.99 Å². The molecular formula is C19H18N2O4S. The van der Waals surface area contributed by atoms with Crippen LogP contribution in [0.15, 0.2) is 41.4 Å². The highest BCUT2D eigenvalue weighted by Gasteiger charge is 2.17. The Morgan fingerprint density at radius 1 is 1.27 bits per heavy atom. The minimum absolute atomic E-state index is 0.0917. The first kappa shape index (κ1) is 16.7. The second kappa shape index (κ2) is 6.84. The molecule has 1 aliphatic heterocycles. The Labute approximate surface area is 154 Å². The van der Waals surface area contributed by atoms with Crippen LogP contribution in [-0.2, 0) is 11.3 Å². The predicted octanol–water partition coefficient (Wildman–Crippen LogP) is 3.27. The van der Waals surface area contributed by atoms with E-state index in [-0.39, 0.29) is 19.3 Å². The summed E-state index contributed by atoms with van der Waals surface area (Å²) < 4.78 is 19.5. The van der Waals surface area contributed by atoms with Gasteiger partial charge in [-0.3, -0.25) is 4.79 Å². The summed E-state index contributed by atoms with van der Waals surface area (Å²) in [5.74, 6) is 1.82. The highest BCUT2D eigenvalue weighted by atomic mass is 32.1. The number of carbonyl (C=O) groups is 1. The molecule has 26 heavy (non-hydrogen) atoms. The van der Waals surface area contributed by atoms with Gasteiger partial charge in [0.05, 0.1) is 10.2 Å². The number of aryl methyl sites for hydroxylation is 2. The molecule has 3 aromatic rings. The molecule has 2 aromatic carbocycles. The standard InChI is InChI=1S/C19H18N2O4S/c1-3-21-13-8-15-16(25-11-24-15)9-17(13)26-19(21)20-18(22)10-23-14-7-5-4-6-12(14)2/h4-9H,3,10-11H2,1-2H3. The monoisotopic (exact) mass is 370 g/mol. The van der Waals surface area contributed by atoms with Gasteiger partial charge < -0.3 is 18.8 Å². The molecule has 0 saturated carbocycles. The molecule has 7 heteroatoms. The maximum absolute atomic E-state index is 12.3. The van der Waals surface area contributed by atoms with Crippen LogP contribution in [0.2, 0.25) is 0 Å². The number of fused-ring (bicyclic) bond motifs is 2. The van der Waals surface area contributed by atoms with Crippen LogP contribution in [0.25, 0.3) is 10.2 Å². The van der Waals surface area contributed by atoms with Gasteiger partial charge in [0.15, 0.2) is 22.9 Å².